The standard InChI is InChI=1S/C32H42ClN5O2/c1-34-31(40)36-26-14-16-32(24-12-13-28(33)37-29(24)26)20-35-19-25(32)30(39)38-17-15-23(21-8-4-2-5-9-21)18-27(38)22-10-6-3-7-11-22/h2,4-5,8-9,12-13,22-23,25-27,35H,3,6-7,10-11,14-20H2,1H3,(H2,34,36,40)/p+1/t23-,25?,26?,27+,32+/m1/s1. The number of carbonyl (C=O) groups excluding carboxylic acids is 2. The minimum Gasteiger partial charge on any atom is -0.341 e. The second kappa shape index (κ2) is 11.7. The van der Waals surface area contributed by atoms with E-state index in [4.69, 9.17) is 11.6 Å². The Morgan fingerprint density at radius 2 is 1.85 bits per heavy atom. The van der Waals surface area contributed by atoms with Crippen molar-refractivity contribution in [2.45, 2.75) is 81.2 Å². The van der Waals surface area contributed by atoms with E-state index in [1.165, 1.54) is 37.7 Å². The lowest BCUT2D eigenvalue weighted by atomic mass is 9.63. The van der Waals surface area contributed by atoms with Gasteiger partial charge < -0.3 is 20.9 Å². The number of aromatic amines is 1. The van der Waals surface area contributed by atoms with Gasteiger partial charge in [-0.2, -0.15) is 4.98 Å². The number of fused-ring (bicyclic) bond motifs is 2. The van der Waals surface area contributed by atoms with Gasteiger partial charge in [0, 0.05) is 49.8 Å². The molecule has 3 heterocycles. The van der Waals surface area contributed by atoms with Gasteiger partial charge in [-0.1, -0.05) is 49.6 Å². The Balaban J connectivity index is 1.30. The van der Waals surface area contributed by atoms with Crippen LogP contribution in [0.15, 0.2) is 42.5 Å². The molecule has 4 N–H and O–H groups in total. The van der Waals surface area contributed by atoms with Crippen LogP contribution in [0.4, 0.5) is 4.79 Å². The van der Waals surface area contributed by atoms with Crippen LogP contribution in [0.25, 0.3) is 0 Å². The highest BCUT2D eigenvalue weighted by atomic mass is 35.5. The van der Waals surface area contributed by atoms with Gasteiger partial charge >= 0.3 is 6.03 Å². The third-order valence-electron chi connectivity index (χ3n) is 10.4. The topological polar surface area (TPSA) is 87.6 Å². The lowest BCUT2D eigenvalue weighted by Gasteiger charge is -2.48. The molecule has 8 heteroatoms. The van der Waals surface area contributed by atoms with Crippen molar-refractivity contribution in [2.24, 2.45) is 11.8 Å². The smallest absolute Gasteiger partial charge is 0.315 e. The average Bonchev–Trinajstić information content (AvgIpc) is 3.43. The van der Waals surface area contributed by atoms with Gasteiger partial charge in [-0.15, -0.1) is 0 Å². The van der Waals surface area contributed by atoms with Crippen molar-refractivity contribution in [1.82, 2.24) is 20.9 Å². The van der Waals surface area contributed by atoms with E-state index >= 15 is 0 Å². The molecule has 4 aliphatic rings. The molecule has 0 radical (unpaired) electrons. The third-order valence-corrected chi connectivity index (χ3v) is 10.6. The van der Waals surface area contributed by atoms with E-state index in [9.17, 15) is 9.59 Å². The summed E-state index contributed by atoms with van der Waals surface area (Å²) >= 11 is 6.42. The van der Waals surface area contributed by atoms with Gasteiger partial charge in [-0.25, -0.2) is 4.79 Å². The lowest BCUT2D eigenvalue weighted by molar-refractivity contribution is -0.393. The highest BCUT2D eigenvalue weighted by molar-refractivity contribution is 6.28. The molecular weight excluding hydrogens is 522 g/mol. The van der Waals surface area contributed by atoms with Crippen molar-refractivity contribution in [3.05, 3.63) is 64.4 Å². The summed E-state index contributed by atoms with van der Waals surface area (Å²) in [5, 5.41) is 9.90. The first kappa shape index (κ1) is 27.5. The number of urea groups is 1. The molecule has 40 heavy (non-hydrogen) atoms. The average molecular weight is 565 g/mol. The number of H-pyrrole nitrogens is 1. The molecule has 0 bridgehead atoms. The molecule has 2 aliphatic heterocycles. The number of nitrogens with zero attached hydrogens (tertiary/aromatic N) is 1. The first-order chi connectivity index (χ1) is 19.5. The van der Waals surface area contributed by atoms with Crippen LogP contribution in [0.3, 0.4) is 0 Å². The van der Waals surface area contributed by atoms with Crippen molar-refractivity contribution in [1.29, 1.82) is 0 Å². The predicted octanol–water partition coefficient (Wildman–Crippen LogP) is 4.73. The highest BCUT2D eigenvalue weighted by Crippen LogP contribution is 2.49. The summed E-state index contributed by atoms with van der Waals surface area (Å²) in [5.41, 5.74) is 3.14. The first-order valence-corrected chi connectivity index (χ1v) is 15.6. The summed E-state index contributed by atoms with van der Waals surface area (Å²) in [4.78, 5) is 32.6. The maximum Gasteiger partial charge on any atom is 0.315 e. The van der Waals surface area contributed by atoms with Gasteiger partial charge in [0.15, 0.2) is 0 Å². The van der Waals surface area contributed by atoms with E-state index in [2.05, 4.69) is 62.2 Å². The number of pyridine rings is 1. The molecule has 6 rings (SSSR count). The third kappa shape index (κ3) is 5.11. The molecule has 1 spiro atoms. The molecule has 3 amide bonds. The minimum absolute atomic E-state index is 0.138. The molecule has 2 unspecified atom stereocenters. The normalized spacial score (nSPS) is 30.6. The maximum absolute atomic E-state index is 14.7. The Hall–Kier alpha value is -2.64. The molecule has 1 aromatic carbocycles. The molecule has 1 saturated carbocycles. The quantitative estimate of drug-likeness (QED) is 0.469. The van der Waals surface area contributed by atoms with E-state index in [0.29, 0.717) is 35.5 Å². The van der Waals surface area contributed by atoms with Crippen LogP contribution in [0.5, 0.6) is 0 Å². The second-order valence-corrected chi connectivity index (χ2v) is 12.8. The Morgan fingerprint density at radius 3 is 2.62 bits per heavy atom. The molecule has 214 valence electrons. The molecule has 5 atom stereocenters. The number of carbonyl (C=O) groups is 2. The van der Waals surface area contributed by atoms with E-state index in [-0.39, 0.29) is 23.4 Å². The van der Waals surface area contributed by atoms with Crippen LogP contribution in [0.1, 0.15) is 86.6 Å². The zero-order chi connectivity index (χ0) is 27.7. The lowest BCUT2D eigenvalue weighted by Crippen LogP contribution is -2.56. The number of amides is 3. The van der Waals surface area contributed by atoms with Gasteiger partial charge in [0.05, 0.1) is 5.92 Å². The highest BCUT2D eigenvalue weighted by Gasteiger charge is 2.55. The Bertz CT molecular complexity index is 1220. The summed E-state index contributed by atoms with van der Waals surface area (Å²) in [6, 6.07) is 14.8. The van der Waals surface area contributed by atoms with Gasteiger partial charge in [0.25, 0.3) is 5.15 Å². The monoisotopic (exact) mass is 564 g/mol. The number of hydrogen-bond donors (Lipinski definition) is 3. The molecule has 2 saturated heterocycles. The molecule has 7 nitrogen and oxygen atoms in total. The molecule has 1 aromatic heterocycles. The Morgan fingerprint density at radius 1 is 1.05 bits per heavy atom. The van der Waals surface area contributed by atoms with Crippen molar-refractivity contribution in [2.75, 3.05) is 26.7 Å². The predicted molar refractivity (Wildman–Crippen MR) is 156 cm³/mol. The first-order valence-electron chi connectivity index (χ1n) is 15.3. The zero-order valence-corrected chi connectivity index (χ0v) is 24.3. The minimum atomic E-state index is -0.318. The van der Waals surface area contributed by atoms with Crippen LogP contribution in [0.2, 0.25) is 5.15 Å². The second-order valence-electron chi connectivity index (χ2n) is 12.4. The fourth-order valence-electron chi connectivity index (χ4n) is 8.34. The van der Waals surface area contributed by atoms with Gasteiger partial charge in [0.2, 0.25) is 11.6 Å². The zero-order valence-electron chi connectivity index (χ0n) is 23.6. The Kier molecular flexibility index (Phi) is 8.04. The maximum atomic E-state index is 14.7. The van der Waals surface area contributed by atoms with E-state index in [1.807, 2.05) is 6.07 Å². The molecular formula is C32H43ClN5O2+. The summed E-state index contributed by atoms with van der Waals surface area (Å²) in [6.45, 7) is 2.27. The van der Waals surface area contributed by atoms with Crippen molar-refractivity contribution < 1.29 is 14.6 Å². The van der Waals surface area contributed by atoms with Gasteiger partial charge in [-0.05, 0) is 73.6 Å². The summed E-state index contributed by atoms with van der Waals surface area (Å²) < 4.78 is 0. The largest absolute Gasteiger partial charge is 0.341 e. The number of halogens is 1. The van der Waals surface area contributed by atoms with Crippen molar-refractivity contribution in [3.63, 3.8) is 0 Å². The number of nitrogens with one attached hydrogen (secondary N) is 4. The van der Waals surface area contributed by atoms with E-state index < -0.39 is 0 Å². The van der Waals surface area contributed by atoms with Crippen LogP contribution < -0.4 is 20.9 Å². The fourth-order valence-corrected chi connectivity index (χ4v) is 8.51. The SMILES string of the molecule is CNC(=O)NC1CC[C@]2(CNCC2C(=O)N2CC[C@@H](c3ccccc3)C[C@H]2C2CCCCC2)c2ccc(Cl)[nH+]c21. The number of rotatable bonds is 4. The van der Waals surface area contributed by atoms with Gasteiger partial charge in [0.1, 0.15) is 6.04 Å². The summed E-state index contributed by atoms with van der Waals surface area (Å²) in [5.74, 6) is 1.27. The number of piperidine rings is 1. The van der Waals surface area contributed by atoms with E-state index in [0.717, 1.165) is 50.0 Å². The Labute approximate surface area is 242 Å². The number of likely N-dealkylation sites (tertiary alicyclic amines) is 1. The number of benzene rings is 1. The van der Waals surface area contributed by atoms with Gasteiger partial charge in [-0.3, -0.25) is 4.79 Å². The van der Waals surface area contributed by atoms with E-state index in [1.54, 1.807) is 7.05 Å². The van der Waals surface area contributed by atoms with Crippen LogP contribution in [0, 0.1) is 11.8 Å². The molecule has 2 aliphatic carbocycles. The summed E-state index contributed by atoms with van der Waals surface area (Å²) in [6.07, 6.45) is 9.99. The van der Waals surface area contributed by atoms with Crippen LogP contribution in [-0.4, -0.2) is 49.6 Å². The number of aromatic nitrogens is 1. The fraction of sp³-hybridized carbons (Fsp3) is 0.594. The van der Waals surface area contributed by atoms with Crippen LogP contribution >= 0.6 is 11.6 Å². The van der Waals surface area contributed by atoms with Crippen molar-refractivity contribution >= 4 is 23.5 Å². The van der Waals surface area contributed by atoms with Crippen molar-refractivity contribution in [3.8, 4) is 0 Å². The molecule has 3 fully saturated rings. The number of hydrogen-bond acceptors (Lipinski definition) is 3. The van der Waals surface area contributed by atoms with Crippen LogP contribution in [-0.2, 0) is 10.2 Å². The molecule has 2 aromatic rings. The summed E-state index contributed by atoms with van der Waals surface area (Å²) in [7, 11) is 1.63.